The molecule has 1 unspecified atom stereocenters. The average molecular weight is 265 g/mol. The van der Waals surface area contributed by atoms with Crippen LogP contribution in [0, 0.1) is 17.6 Å². The standard InChI is InChI=1S/C16H21F2N/c17-14-7-4-12(10-15(14)18)11-16(13-5-6-13)8-2-1-3-9-19-16/h4,7,10,13,19H,1-3,5-6,8-9,11H2. The summed E-state index contributed by atoms with van der Waals surface area (Å²) < 4.78 is 26.4. The first kappa shape index (κ1) is 13.0. The Morgan fingerprint density at radius 1 is 1.11 bits per heavy atom. The highest BCUT2D eigenvalue weighted by molar-refractivity contribution is 5.22. The molecule has 2 fully saturated rings. The van der Waals surface area contributed by atoms with E-state index in [4.69, 9.17) is 0 Å². The van der Waals surface area contributed by atoms with Gasteiger partial charge in [-0.1, -0.05) is 18.9 Å². The van der Waals surface area contributed by atoms with Crippen molar-refractivity contribution in [2.24, 2.45) is 5.92 Å². The molecule has 1 aromatic carbocycles. The molecule has 1 aliphatic heterocycles. The van der Waals surface area contributed by atoms with Crippen molar-refractivity contribution in [3.63, 3.8) is 0 Å². The smallest absolute Gasteiger partial charge is 0.159 e. The van der Waals surface area contributed by atoms with Crippen LogP contribution in [0.4, 0.5) is 8.78 Å². The van der Waals surface area contributed by atoms with E-state index in [1.165, 1.54) is 44.2 Å². The Morgan fingerprint density at radius 3 is 2.68 bits per heavy atom. The molecule has 2 aliphatic rings. The van der Waals surface area contributed by atoms with Gasteiger partial charge in [0, 0.05) is 5.54 Å². The Morgan fingerprint density at radius 2 is 1.95 bits per heavy atom. The molecule has 0 aromatic heterocycles. The molecule has 1 nitrogen and oxygen atoms in total. The van der Waals surface area contributed by atoms with Crippen molar-refractivity contribution in [2.75, 3.05) is 6.54 Å². The van der Waals surface area contributed by atoms with Crippen LogP contribution < -0.4 is 5.32 Å². The van der Waals surface area contributed by atoms with Gasteiger partial charge in [0.05, 0.1) is 0 Å². The first-order valence-corrected chi connectivity index (χ1v) is 7.39. The van der Waals surface area contributed by atoms with Gasteiger partial charge in [-0.05, 0) is 62.3 Å². The van der Waals surface area contributed by atoms with Gasteiger partial charge >= 0.3 is 0 Å². The minimum Gasteiger partial charge on any atom is -0.311 e. The highest BCUT2D eigenvalue weighted by Crippen LogP contribution is 2.45. The molecule has 0 spiro atoms. The molecule has 1 aromatic rings. The summed E-state index contributed by atoms with van der Waals surface area (Å²) in [5.74, 6) is -0.756. The normalized spacial score (nSPS) is 28.1. The highest BCUT2D eigenvalue weighted by Gasteiger charge is 2.44. The van der Waals surface area contributed by atoms with Crippen LogP contribution in [0.25, 0.3) is 0 Å². The zero-order chi connectivity index (χ0) is 13.3. The average Bonchev–Trinajstić information content (AvgIpc) is 3.21. The van der Waals surface area contributed by atoms with Gasteiger partial charge in [0.2, 0.25) is 0 Å². The number of benzene rings is 1. The Labute approximate surface area is 113 Å². The lowest BCUT2D eigenvalue weighted by atomic mass is 9.82. The maximum absolute atomic E-state index is 13.4. The number of hydrogen-bond donors (Lipinski definition) is 1. The molecule has 1 atom stereocenters. The van der Waals surface area contributed by atoms with E-state index in [1.807, 2.05) is 0 Å². The van der Waals surface area contributed by atoms with E-state index in [9.17, 15) is 8.78 Å². The van der Waals surface area contributed by atoms with Crippen molar-refractivity contribution in [3.05, 3.63) is 35.4 Å². The van der Waals surface area contributed by atoms with Crippen LogP contribution in [-0.4, -0.2) is 12.1 Å². The third-order valence-electron chi connectivity index (χ3n) is 4.64. The molecule has 3 rings (SSSR count). The van der Waals surface area contributed by atoms with Crippen molar-refractivity contribution in [2.45, 2.75) is 50.5 Å². The zero-order valence-corrected chi connectivity index (χ0v) is 11.2. The van der Waals surface area contributed by atoms with Crippen molar-refractivity contribution >= 4 is 0 Å². The molecule has 1 aliphatic carbocycles. The van der Waals surface area contributed by atoms with Crippen LogP contribution in [0.3, 0.4) is 0 Å². The fourth-order valence-electron chi connectivity index (χ4n) is 3.46. The van der Waals surface area contributed by atoms with E-state index in [-0.39, 0.29) is 5.54 Å². The fraction of sp³-hybridized carbons (Fsp3) is 0.625. The molecule has 19 heavy (non-hydrogen) atoms. The summed E-state index contributed by atoms with van der Waals surface area (Å²) in [4.78, 5) is 0. The van der Waals surface area contributed by atoms with Gasteiger partial charge in [-0.2, -0.15) is 0 Å². The van der Waals surface area contributed by atoms with Crippen LogP contribution in [0.1, 0.15) is 44.1 Å². The summed E-state index contributed by atoms with van der Waals surface area (Å²) in [6.07, 6.45) is 8.29. The Bertz CT molecular complexity index is 446. The van der Waals surface area contributed by atoms with Gasteiger partial charge in [0.15, 0.2) is 11.6 Å². The van der Waals surface area contributed by atoms with E-state index in [2.05, 4.69) is 5.32 Å². The maximum Gasteiger partial charge on any atom is 0.159 e. The van der Waals surface area contributed by atoms with Gasteiger partial charge in [0.25, 0.3) is 0 Å². The van der Waals surface area contributed by atoms with E-state index in [1.54, 1.807) is 6.07 Å². The van der Waals surface area contributed by atoms with Crippen molar-refractivity contribution in [1.82, 2.24) is 5.32 Å². The van der Waals surface area contributed by atoms with E-state index in [0.29, 0.717) is 0 Å². The molecular weight excluding hydrogens is 244 g/mol. The lowest BCUT2D eigenvalue weighted by Gasteiger charge is -2.34. The maximum atomic E-state index is 13.4. The largest absolute Gasteiger partial charge is 0.311 e. The minimum atomic E-state index is -0.752. The first-order chi connectivity index (χ1) is 9.20. The predicted molar refractivity (Wildman–Crippen MR) is 72.0 cm³/mol. The SMILES string of the molecule is Fc1ccc(CC2(C3CC3)CCCCCN2)cc1F. The predicted octanol–water partition coefficient (Wildman–Crippen LogP) is 3.82. The van der Waals surface area contributed by atoms with Gasteiger partial charge in [-0.3, -0.25) is 0 Å². The Balaban J connectivity index is 1.82. The summed E-state index contributed by atoms with van der Waals surface area (Å²) in [5.41, 5.74) is 1.04. The van der Waals surface area contributed by atoms with Crippen LogP contribution in [0.5, 0.6) is 0 Å². The topological polar surface area (TPSA) is 12.0 Å². The second-order valence-corrected chi connectivity index (χ2v) is 6.09. The van der Waals surface area contributed by atoms with E-state index in [0.717, 1.165) is 30.9 Å². The van der Waals surface area contributed by atoms with Crippen LogP contribution in [0.15, 0.2) is 18.2 Å². The molecule has 1 N–H and O–H groups in total. The van der Waals surface area contributed by atoms with Gasteiger partial charge in [-0.25, -0.2) is 8.78 Å². The highest BCUT2D eigenvalue weighted by atomic mass is 19.2. The molecule has 0 radical (unpaired) electrons. The monoisotopic (exact) mass is 265 g/mol. The minimum absolute atomic E-state index is 0.126. The number of nitrogens with one attached hydrogen (secondary N) is 1. The number of halogens is 2. The van der Waals surface area contributed by atoms with Crippen molar-refractivity contribution in [3.8, 4) is 0 Å². The summed E-state index contributed by atoms with van der Waals surface area (Å²) in [5, 5.41) is 3.72. The summed E-state index contributed by atoms with van der Waals surface area (Å²) in [6, 6.07) is 4.35. The molecule has 0 amide bonds. The van der Waals surface area contributed by atoms with E-state index < -0.39 is 11.6 Å². The first-order valence-electron chi connectivity index (χ1n) is 7.39. The van der Waals surface area contributed by atoms with Crippen LogP contribution >= 0.6 is 0 Å². The fourth-order valence-corrected chi connectivity index (χ4v) is 3.46. The summed E-state index contributed by atoms with van der Waals surface area (Å²) in [6.45, 7) is 1.06. The third kappa shape index (κ3) is 2.81. The van der Waals surface area contributed by atoms with Crippen molar-refractivity contribution < 1.29 is 8.78 Å². The van der Waals surface area contributed by atoms with Gasteiger partial charge in [-0.15, -0.1) is 0 Å². The molecule has 1 saturated heterocycles. The summed E-state index contributed by atoms with van der Waals surface area (Å²) >= 11 is 0. The Hall–Kier alpha value is -0.960. The van der Waals surface area contributed by atoms with Crippen LogP contribution in [0.2, 0.25) is 0 Å². The molecule has 3 heteroatoms. The van der Waals surface area contributed by atoms with Crippen molar-refractivity contribution in [1.29, 1.82) is 0 Å². The van der Waals surface area contributed by atoms with Gasteiger partial charge in [0.1, 0.15) is 0 Å². The Kier molecular flexibility index (Phi) is 3.57. The lowest BCUT2D eigenvalue weighted by molar-refractivity contribution is 0.270. The third-order valence-corrected chi connectivity index (χ3v) is 4.64. The number of rotatable bonds is 3. The number of hydrogen-bond acceptors (Lipinski definition) is 1. The molecule has 0 bridgehead atoms. The quantitative estimate of drug-likeness (QED) is 0.876. The molecule has 104 valence electrons. The lowest BCUT2D eigenvalue weighted by Crippen LogP contribution is -2.48. The second-order valence-electron chi connectivity index (χ2n) is 6.09. The molecule has 1 saturated carbocycles. The van der Waals surface area contributed by atoms with Gasteiger partial charge < -0.3 is 5.32 Å². The molecular formula is C16H21F2N. The molecule has 1 heterocycles. The second kappa shape index (κ2) is 5.20. The summed E-state index contributed by atoms with van der Waals surface area (Å²) in [7, 11) is 0. The van der Waals surface area contributed by atoms with Crippen LogP contribution in [-0.2, 0) is 6.42 Å². The zero-order valence-electron chi connectivity index (χ0n) is 11.2. The van der Waals surface area contributed by atoms with E-state index >= 15 is 0 Å².